The number of nitrogens with zero attached hydrogens (tertiary/aromatic N) is 3. The summed E-state index contributed by atoms with van der Waals surface area (Å²) in [6.07, 6.45) is 6.98. The van der Waals surface area contributed by atoms with Crippen molar-refractivity contribution in [1.82, 2.24) is 5.01 Å². The van der Waals surface area contributed by atoms with E-state index in [1.165, 1.54) is 6.21 Å². The maximum absolute atomic E-state index is 12.7. The fourth-order valence-corrected chi connectivity index (χ4v) is 4.82. The normalized spacial score (nSPS) is 38.4. The van der Waals surface area contributed by atoms with Crippen LogP contribution in [0.4, 0.5) is 0 Å². The second-order valence-corrected chi connectivity index (χ2v) is 7.12. The van der Waals surface area contributed by atoms with E-state index in [-0.39, 0.29) is 35.5 Å². The van der Waals surface area contributed by atoms with E-state index in [2.05, 4.69) is 23.3 Å². The van der Waals surface area contributed by atoms with Gasteiger partial charge in [0, 0.05) is 0 Å². The average Bonchev–Trinajstić information content (AvgIpc) is 3.39. The van der Waals surface area contributed by atoms with E-state index in [0.717, 1.165) is 17.0 Å². The predicted octanol–water partition coefficient (Wildman–Crippen LogP) is 1.95. The predicted molar refractivity (Wildman–Crippen MR) is 85.3 cm³/mol. The molecule has 24 heavy (non-hydrogen) atoms. The first-order chi connectivity index (χ1) is 11.7. The number of hydrogen-bond donors (Lipinski definition) is 0. The molecular weight excluding hydrogens is 302 g/mol. The van der Waals surface area contributed by atoms with Gasteiger partial charge in [-0.2, -0.15) is 15.4 Å². The van der Waals surface area contributed by atoms with Crippen molar-refractivity contribution >= 4 is 18.0 Å². The number of amides is 2. The Morgan fingerprint density at radius 3 is 2.17 bits per heavy atom. The van der Waals surface area contributed by atoms with Gasteiger partial charge in [0.2, 0.25) is 0 Å². The van der Waals surface area contributed by atoms with Crippen LogP contribution in [-0.4, -0.2) is 23.0 Å². The zero-order chi connectivity index (χ0) is 16.4. The monoisotopic (exact) mass is 317 g/mol. The lowest BCUT2D eigenvalue weighted by molar-refractivity contribution is -0.140. The summed E-state index contributed by atoms with van der Waals surface area (Å²) < 4.78 is 0. The molecule has 0 aromatic heterocycles. The van der Waals surface area contributed by atoms with Crippen LogP contribution in [0.5, 0.6) is 0 Å². The van der Waals surface area contributed by atoms with Crippen molar-refractivity contribution in [2.75, 3.05) is 0 Å². The van der Waals surface area contributed by atoms with Crippen molar-refractivity contribution in [3.63, 3.8) is 0 Å². The second-order valence-electron chi connectivity index (χ2n) is 7.12. The molecule has 6 rings (SSSR count). The van der Waals surface area contributed by atoms with E-state index in [4.69, 9.17) is 5.26 Å². The molecule has 5 nitrogen and oxygen atoms in total. The molecule has 0 radical (unpaired) electrons. The van der Waals surface area contributed by atoms with Crippen LogP contribution < -0.4 is 0 Å². The third kappa shape index (κ3) is 1.71. The van der Waals surface area contributed by atoms with Gasteiger partial charge in [0.05, 0.1) is 29.7 Å². The molecule has 2 saturated carbocycles. The number of carbonyl (C=O) groups is 2. The molecule has 0 spiro atoms. The van der Waals surface area contributed by atoms with Crippen LogP contribution in [0.1, 0.15) is 17.5 Å². The highest BCUT2D eigenvalue weighted by Gasteiger charge is 2.67. The number of imide groups is 1. The Balaban J connectivity index is 1.42. The van der Waals surface area contributed by atoms with Crippen LogP contribution >= 0.6 is 0 Å². The van der Waals surface area contributed by atoms with Crippen molar-refractivity contribution in [3.05, 3.63) is 47.5 Å². The van der Waals surface area contributed by atoms with Crippen LogP contribution in [0.15, 0.2) is 41.5 Å². The number of allylic oxidation sites excluding steroid dienone is 2. The number of rotatable bonds is 2. The first-order valence-corrected chi connectivity index (χ1v) is 8.29. The first-order valence-electron chi connectivity index (χ1n) is 8.29. The molecule has 1 heterocycles. The summed E-state index contributed by atoms with van der Waals surface area (Å²) in [6.45, 7) is 0. The fourth-order valence-electron chi connectivity index (χ4n) is 4.82. The van der Waals surface area contributed by atoms with E-state index in [1.807, 2.05) is 0 Å². The maximum atomic E-state index is 12.7. The standard InChI is InChI=1S/C19H15N3O2/c20-8-10-1-3-11(4-2-10)9-21-22-18(23)16-12-5-6-13(15-7-14(12)15)17(16)19(22)24/h1-6,9,12-17H,7H2/b21-9+/t12-,13-,14-,15-,16-,17+/m1/s1. The van der Waals surface area contributed by atoms with Crippen LogP contribution in [0.2, 0.25) is 0 Å². The first kappa shape index (κ1) is 13.7. The van der Waals surface area contributed by atoms with Crippen molar-refractivity contribution in [3.8, 4) is 6.07 Å². The summed E-state index contributed by atoms with van der Waals surface area (Å²) in [5.41, 5.74) is 1.32. The summed E-state index contributed by atoms with van der Waals surface area (Å²) >= 11 is 0. The van der Waals surface area contributed by atoms with Gasteiger partial charge in [-0.05, 0) is 47.8 Å². The van der Waals surface area contributed by atoms with Gasteiger partial charge in [0.1, 0.15) is 0 Å². The van der Waals surface area contributed by atoms with E-state index < -0.39 is 0 Å². The Bertz CT molecular complexity index is 812. The van der Waals surface area contributed by atoms with E-state index >= 15 is 0 Å². The summed E-state index contributed by atoms with van der Waals surface area (Å²) in [4.78, 5) is 25.5. The van der Waals surface area contributed by atoms with Gasteiger partial charge in [0.25, 0.3) is 11.8 Å². The van der Waals surface area contributed by atoms with Crippen LogP contribution in [0.3, 0.4) is 0 Å². The van der Waals surface area contributed by atoms with Gasteiger partial charge in [-0.1, -0.05) is 24.3 Å². The molecule has 1 aliphatic heterocycles. The second kappa shape index (κ2) is 4.64. The number of nitriles is 1. The zero-order valence-electron chi connectivity index (χ0n) is 12.9. The molecule has 6 atom stereocenters. The number of hydrazone groups is 1. The zero-order valence-corrected chi connectivity index (χ0v) is 12.9. The highest BCUT2D eigenvalue weighted by molar-refractivity contribution is 6.06. The van der Waals surface area contributed by atoms with E-state index in [1.54, 1.807) is 24.3 Å². The Kier molecular flexibility index (Phi) is 2.64. The lowest BCUT2D eigenvalue weighted by Gasteiger charge is -2.37. The quantitative estimate of drug-likeness (QED) is 0.475. The Morgan fingerprint density at radius 1 is 1.04 bits per heavy atom. The molecule has 1 aromatic carbocycles. The molecule has 5 heteroatoms. The molecule has 5 aliphatic rings. The van der Waals surface area contributed by atoms with Crippen molar-refractivity contribution in [2.24, 2.45) is 40.6 Å². The van der Waals surface area contributed by atoms with Crippen molar-refractivity contribution < 1.29 is 9.59 Å². The summed E-state index contributed by atoms with van der Waals surface area (Å²) in [7, 11) is 0. The fraction of sp³-hybridized carbons (Fsp3) is 0.368. The Labute approximate surface area is 139 Å². The van der Waals surface area contributed by atoms with E-state index in [9.17, 15) is 9.59 Å². The topological polar surface area (TPSA) is 73.5 Å². The molecule has 2 bridgehead atoms. The maximum Gasteiger partial charge on any atom is 0.254 e. The molecule has 3 fully saturated rings. The third-order valence-electron chi connectivity index (χ3n) is 6.00. The van der Waals surface area contributed by atoms with Crippen LogP contribution in [0.25, 0.3) is 0 Å². The smallest absolute Gasteiger partial charge is 0.254 e. The van der Waals surface area contributed by atoms with Crippen LogP contribution in [-0.2, 0) is 9.59 Å². The van der Waals surface area contributed by atoms with Gasteiger partial charge in [0.15, 0.2) is 0 Å². The summed E-state index contributed by atoms with van der Waals surface area (Å²) in [5.74, 6) is 0.900. The number of benzene rings is 1. The molecule has 0 unspecified atom stereocenters. The molecule has 1 aromatic rings. The largest absolute Gasteiger partial charge is 0.272 e. The summed E-state index contributed by atoms with van der Waals surface area (Å²) in [5, 5.41) is 14.1. The molecule has 4 aliphatic carbocycles. The highest BCUT2D eigenvalue weighted by Crippen LogP contribution is 2.65. The van der Waals surface area contributed by atoms with Crippen molar-refractivity contribution in [1.29, 1.82) is 5.26 Å². The van der Waals surface area contributed by atoms with E-state index in [0.29, 0.717) is 17.4 Å². The molecule has 118 valence electrons. The molecule has 0 N–H and O–H groups in total. The van der Waals surface area contributed by atoms with Gasteiger partial charge >= 0.3 is 0 Å². The van der Waals surface area contributed by atoms with Gasteiger partial charge < -0.3 is 0 Å². The third-order valence-corrected chi connectivity index (χ3v) is 6.00. The van der Waals surface area contributed by atoms with Crippen LogP contribution in [0, 0.1) is 46.8 Å². The van der Waals surface area contributed by atoms with Gasteiger partial charge in [-0.3, -0.25) is 9.59 Å². The lowest BCUT2D eigenvalue weighted by atomic mass is 9.63. The minimum Gasteiger partial charge on any atom is -0.272 e. The Hall–Kier alpha value is -2.74. The average molecular weight is 317 g/mol. The highest BCUT2D eigenvalue weighted by atomic mass is 16.2. The van der Waals surface area contributed by atoms with Gasteiger partial charge in [-0.15, -0.1) is 0 Å². The summed E-state index contributed by atoms with van der Waals surface area (Å²) in [6, 6.07) is 8.93. The van der Waals surface area contributed by atoms with Crippen molar-refractivity contribution in [2.45, 2.75) is 6.42 Å². The minimum atomic E-state index is -0.214. The lowest BCUT2D eigenvalue weighted by Crippen LogP contribution is -2.40. The number of carbonyl (C=O) groups excluding carboxylic acids is 2. The molecular formula is C19H15N3O2. The number of hydrogen-bond acceptors (Lipinski definition) is 4. The molecule has 1 saturated heterocycles. The SMILES string of the molecule is N#Cc1ccc(/C=N/N2C(=O)[C@@H]3[C@@H]4C=C[C@H]([C@H]5C[C@H]45)[C@@H]3C2=O)cc1. The van der Waals surface area contributed by atoms with Gasteiger partial charge in [-0.25, -0.2) is 0 Å². The Morgan fingerprint density at radius 2 is 1.62 bits per heavy atom. The molecule has 2 amide bonds. The minimum absolute atomic E-state index is 0.153.